The van der Waals surface area contributed by atoms with Gasteiger partial charge in [0.25, 0.3) is 0 Å². The fourth-order valence-electron chi connectivity index (χ4n) is 0.876. The second kappa shape index (κ2) is 5.17. The summed E-state index contributed by atoms with van der Waals surface area (Å²) in [6.07, 6.45) is -3.18. The Hall–Kier alpha value is -0.540. The van der Waals surface area contributed by atoms with E-state index in [-0.39, 0.29) is 12.2 Å². The number of halogens is 3. The normalized spacial score (nSPS) is 11.7. The molecule has 0 rings (SSSR count). The molecule has 0 aromatic rings. The average Bonchev–Trinajstić information content (AvgIpc) is 1.83. The predicted octanol–water partition coefficient (Wildman–Crippen LogP) is 3.09. The molecule has 0 fully saturated rings. The van der Waals surface area contributed by atoms with Crippen molar-refractivity contribution in [3.8, 4) is 0 Å². The molecular weight excluding hydrogens is 169 g/mol. The standard InChI is InChI=1S/C8H13F3O/c1-7(12)5-3-2-4-6-8(9,10)11/h2-6H2,1H3. The van der Waals surface area contributed by atoms with E-state index < -0.39 is 12.6 Å². The molecule has 0 aliphatic heterocycles. The fourth-order valence-corrected chi connectivity index (χ4v) is 0.876. The lowest BCUT2D eigenvalue weighted by atomic mass is 10.1. The smallest absolute Gasteiger partial charge is 0.300 e. The van der Waals surface area contributed by atoms with Crippen LogP contribution < -0.4 is 0 Å². The summed E-state index contributed by atoms with van der Waals surface area (Å²) in [5.41, 5.74) is 0. The third-order valence-corrected chi connectivity index (χ3v) is 1.49. The summed E-state index contributed by atoms with van der Waals surface area (Å²) in [6.45, 7) is 1.45. The molecule has 0 aliphatic carbocycles. The number of ketones is 1. The Morgan fingerprint density at radius 3 is 2.17 bits per heavy atom. The van der Waals surface area contributed by atoms with Gasteiger partial charge in [0.1, 0.15) is 5.78 Å². The van der Waals surface area contributed by atoms with E-state index in [1.165, 1.54) is 6.92 Å². The highest BCUT2D eigenvalue weighted by molar-refractivity contribution is 5.75. The molecule has 4 heteroatoms. The van der Waals surface area contributed by atoms with Crippen LogP contribution in [0.3, 0.4) is 0 Å². The predicted molar refractivity (Wildman–Crippen MR) is 39.8 cm³/mol. The van der Waals surface area contributed by atoms with Gasteiger partial charge >= 0.3 is 6.18 Å². The number of hydrogen-bond acceptors (Lipinski definition) is 1. The first-order chi connectivity index (χ1) is 5.42. The summed E-state index contributed by atoms with van der Waals surface area (Å²) in [5, 5.41) is 0. The molecule has 0 radical (unpaired) electrons. The van der Waals surface area contributed by atoms with E-state index in [4.69, 9.17) is 0 Å². The van der Waals surface area contributed by atoms with Crippen LogP contribution >= 0.6 is 0 Å². The van der Waals surface area contributed by atoms with E-state index in [0.717, 1.165) is 0 Å². The zero-order chi connectivity index (χ0) is 9.61. The second-order valence-electron chi connectivity index (χ2n) is 2.88. The van der Waals surface area contributed by atoms with Crippen molar-refractivity contribution in [1.29, 1.82) is 0 Å². The Morgan fingerprint density at radius 1 is 1.17 bits per heavy atom. The number of Topliss-reactive ketones (excluding diaryl/α,β-unsaturated/α-hetero) is 1. The van der Waals surface area contributed by atoms with Gasteiger partial charge in [-0.3, -0.25) is 0 Å². The van der Waals surface area contributed by atoms with Gasteiger partial charge < -0.3 is 4.79 Å². The maximum Gasteiger partial charge on any atom is 0.389 e. The molecule has 1 nitrogen and oxygen atoms in total. The number of alkyl halides is 3. The Labute approximate surface area is 70.0 Å². The molecule has 0 aliphatic rings. The second-order valence-corrected chi connectivity index (χ2v) is 2.88. The lowest BCUT2D eigenvalue weighted by Gasteiger charge is -2.04. The van der Waals surface area contributed by atoms with Crippen molar-refractivity contribution in [2.24, 2.45) is 0 Å². The van der Waals surface area contributed by atoms with Gasteiger partial charge in [-0.1, -0.05) is 6.42 Å². The van der Waals surface area contributed by atoms with Crippen molar-refractivity contribution >= 4 is 5.78 Å². The molecule has 0 N–H and O–H groups in total. The van der Waals surface area contributed by atoms with Gasteiger partial charge in [0, 0.05) is 12.8 Å². The van der Waals surface area contributed by atoms with E-state index in [1.54, 1.807) is 0 Å². The number of unbranched alkanes of at least 4 members (excludes halogenated alkanes) is 2. The molecule has 0 aromatic carbocycles. The zero-order valence-corrected chi connectivity index (χ0v) is 7.08. The van der Waals surface area contributed by atoms with E-state index in [1.807, 2.05) is 0 Å². The van der Waals surface area contributed by atoms with Crippen molar-refractivity contribution < 1.29 is 18.0 Å². The van der Waals surface area contributed by atoms with Crippen LogP contribution in [0.5, 0.6) is 0 Å². The van der Waals surface area contributed by atoms with Gasteiger partial charge in [0.15, 0.2) is 0 Å². The minimum absolute atomic E-state index is 0.0435. The van der Waals surface area contributed by atoms with Gasteiger partial charge in [0.05, 0.1) is 0 Å². The van der Waals surface area contributed by atoms with Gasteiger partial charge in [-0.25, -0.2) is 0 Å². The summed E-state index contributed by atoms with van der Waals surface area (Å²) in [5.74, 6) is 0.0435. The summed E-state index contributed by atoms with van der Waals surface area (Å²) in [4.78, 5) is 10.4. The minimum atomic E-state index is -4.05. The Bertz CT molecular complexity index is 140. The van der Waals surface area contributed by atoms with Crippen molar-refractivity contribution in [3.63, 3.8) is 0 Å². The van der Waals surface area contributed by atoms with Crippen LogP contribution in [0.25, 0.3) is 0 Å². The van der Waals surface area contributed by atoms with Crippen LogP contribution in [0.1, 0.15) is 39.0 Å². The Kier molecular flexibility index (Phi) is 4.93. The van der Waals surface area contributed by atoms with E-state index in [2.05, 4.69) is 0 Å². The highest BCUT2D eigenvalue weighted by Crippen LogP contribution is 2.22. The zero-order valence-electron chi connectivity index (χ0n) is 7.08. The molecule has 0 heterocycles. The van der Waals surface area contributed by atoms with E-state index in [0.29, 0.717) is 19.3 Å². The first-order valence-corrected chi connectivity index (χ1v) is 3.98. The third kappa shape index (κ3) is 9.46. The van der Waals surface area contributed by atoms with Crippen molar-refractivity contribution in [2.75, 3.05) is 0 Å². The lowest BCUT2D eigenvalue weighted by Crippen LogP contribution is -2.06. The van der Waals surface area contributed by atoms with Crippen molar-refractivity contribution in [1.82, 2.24) is 0 Å². The molecule has 12 heavy (non-hydrogen) atoms. The minimum Gasteiger partial charge on any atom is -0.300 e. The first-order valence-electron chi connectivity index (χ1n) is 3.98. The number of rotatable bonds is 5. The summed E-state index contributed by atoms with van der Waals surface area (Å²) in [7, 11) is 0. The molecule has 0 atom stereocenters. The molecule has 0 aromatic heterocycles. The summed E-state index contributed by atoms with van der Waals surface area (Å²) >= 11 is 0. The fraction of sp³-hybridized carbons (Fsp3) is 0.875. The van der Waals surface area contributed by atoms with Crippen LogP contribution in [-0.2, 0) is 4.79 Å². The SMILES string of the molecule is CC(=O)CCCCCC(F)(F)F. The van der Waals surface area contributed by atoms with Crippen LogP contribution in [0.15, 0.2) is 0 Å². The van der Waals surface area contributed by atoms with Gasteiger partial charge in [-0.05, 0) is 19.8 Å². The third-order valence-electron chi connectivity index (χ3n) is 1.49. The molecule has 0 bridgehead atoms. The van der Waals surface area contributed by atoms with Crippen LogP contribution in [-0.4, -0.2) is 12.0 Å². The highest BCUT2D eigenvalue weighted by atomic mass is 19.4. The summed E-state index contributed by atoms with van der Waals surface area (Å²) < 4.78 is 34.7. The Morgan fingerprint density at radius 2 is 1.75 bits per heavy atom. The van der Waals surface area contributed by atoms with Crippen LogP contribution in [0.2, 0.25) is 0 Å². The Balaban J connectivity index is 3.17. The molecule has 0 saturated carbocycles. The monoisotopic (exact) mass is 182 g/mol. The van der Waals surface area contributed by atoms with Crippen LogP contribution in [0.4, 0.5) is 13.2 Å². The number of carbonyl (C=O) groups excluding carboxylic acids is 1. The largest absolute Gasteiger partial charge is 0.389 e. The molecular formula is C8H13F3O. The number of hydrogen-bond donors (Lipinski definition) is 0. The molecule has 0 saturated heterocycles. The van der Waals surface area contributed by atoms with Crippen molar-refractivity contribution in [3.05, 3.63) is 0 Å². The highest BCUT2D eigenvalue weighted by Gasteiger charge is 2.25. The van der Waals surface area contributed by atoms with E-state index >= 15 is 0 Å². The molecule has 0 spiro atoms. The lowest BCUT2D eigenvalue weighted by molar-refractivity contribution is -0.135. The maximum atomic E-state index is 11.6. The maximum absolute atomic E-state index is 11.6. The number of carbonyl (C=O) groups is 1. The summed E-state index contributed by atoms with van der Waals surface area (Å²) in [6, 6.07) is 0. The van der Waals surface area contributed by atoms with Crippen molar-refractivity contribution in [2.45, 2.75) is 45.2 Å². The quantitative estimate of drug-likeness (QED) is 0.597. The van der Waals surface area contributed by atoms with Gasteiger partial charge in [-0.15, -0.1) is 0 Å². The van der Waals surface area contributed by atoms with E-state index in [9.17, 15) is 18.0 Å². The topological polar surface area (TPSA) is 17.1 Å². The van der Waals surface area contributed by atoms with Crippen LogP contribution in [0, 0.1) is 0 Å². The first kappa shape index (κ1) is 11.5. The molecule has 0 unspecified atom stereocenters. The average molecular weight is 182 g/mol. The molecule has 72 valence electrons. The molecule has 0 amide bonds. The van der Waals surface area contributed by atoms with Gasteiger partial charge in [-0.2, -0.15) is 13.2 Å². The van der Waals surface area contributed by atoms with Gasteiger partial charge in [0.2, 0.25) is 0 Å².